The monoisotopic (exact) mass is 246 g/mol. The summed E-state index contributed by atoms with van der Waals surface area (Å²) in [6.07, 6.45) is 3.78. The van der Waals surface area contributed by atoms with Crippen LogP contribution in [0.4, 0.5) is 0 Å². The molecule has 0 N–H and O–H groups in total. The summed E-state index contributed by atoms with van der Waals surface area (Å²) < 4.78 is 0. The summed E-state index contributed by atoms with van der Waals surface area (Å²) in [7, 11) is 0. The Morgan fingerprint density at radius 1 is 1.12 bits per heavy atom. The predicted octanol–water partition coefficient (Wildman–Crippen LogP) is 4.06. The SMILES string of the molecule is CCCc1ccc(-c2ncnc(Cl)c2C)cc1. The van der Waals surface area contributed by atoms with Gasteiger partial charge in [-0.05, 0) is 18.9 Å². The lowest BCUT2D eigenvalue weighted by Gasteiger charge is -2.06. The molecule has 0 atom stereocenters. The van der Waals surface area contributed by atoms with Gasteiger partial charge in [0.25, 0.3) is 0 Å². The van der Waals surface area contributed by atoms with Gasteiger partial charge in [-0.2, -0.15) is 0 Å². The number of halogens is 1. The Morgan fingerprint density at radius 2 is 1.82 bits per heavy atom. The van der Waals surface area contributed by atoms with E-state index in [1.807, 2.05) is 6.92 Å². The molecule has 88 valence electrons. The molecule has 0 radical (unpaired) electrons. The smallest absolute Gasteiger partial charge is 0.135 e. The second-order valence-corrected chi connectivity index (χ2v) is 4.44. The molecule has 0 aliphatic carbocycles. The van der Waals surface area contributed by atoms with Gasteiger partial charge in [-0.1, -0.05) is 49.2 Å². The van der Waals surface area contributed by atoms with Crippen molar-refractivity contribution in [3.63, 3.8) is 0 Å². The lowest BCUT2D eigenvalue weighted by atomic mass is 10.0. The van der Waals surface area contributed by atoms with Gasteiger partial charge in [0.1, 0.15) is 11.5 Å². The van der Waals surface area contributed by atoms with Crippen LogP contribution in [0.15, 0.2) is 30.6 Å². The molecular weight excluding hydrogens is 232 g/mol. The van der Waals surface area contributed by atoms with Gasteiger partial charge < -0.3 is 0 Å². The van der Waals surface area contributed by atoms with E-state index < -0.39 is 0 Å². The molecule has 17 heavy (non-hydrogen) atoms. The molecular formula is C14H15ClN2. The topological polar surface area (TPSA) is 25.8 Å². The van der Waals surface area contributed by atoms with Crippen molar-refractivity contribution in [3.8, 4) is 11.3 Å². The first-order valence-corrected chi connectivity index (χ1v) is 6.16. The lowest BCUT2D eigenvalue weighted by Crippen LogP contribution is -1.92. The molecule has 0 unspecified atom stereocenters. The second kappa shape index (κ2) is 5.28. The van der Waals surface area contributed by atoms with Gasteiger partial charge in [-0.15, -0.1) is 0 Å². The van der Waals surface area contributed by atoms with Crippen molar-refractivity contribution in [2.24, 2.45) is 0 Å². The van der Waals surface area contributed by atoms with Gasteiger partial charge >= 0.3 is 0 Å². The zero-order chi connectivity index (χ0) is 12.3. The molecule has 1 heterocycles. The highest BCUT2D eigenvalue weighted by atomic mass is 35.5. The molecule has 0 spiro atoms. The molecule has 2 aromatic rings. The first-order chi connectivity index (χ1) is 8.22. The minimum Gasteiger partial charge on any atom is -0.236 e. The Labute approximate surface area is 107 Å². The first kappa shape index (κ1) is 12.1. The summed E-state index contributed by atoms with van der Waals surface area (Å²) in [5.74, 6) is 0. The minimum atomic E-state index is 0.521. The number of aromatic nitrogens is 2. The van der Waals surface area contributed by atoms with E-state index in [1.165, 1.54) is 11.9 Å². The Bertz CT molecular complexity index is 506. The summed E-state index contributed by atoms with van der Waals surface area (Å²) in [5, 5.41) is 0.521. The maximum Gasteiger partial charge on any atom is 0.135 e. The van der Waals surface area contributed by atoms with E-state index in [4.69, 9.17) is 11.6 Å². The summed E-state index contributed by atoms with van der Waals surface area (Å²) in [6, 6.07) is 8.48. The van der Waals surface area contributed by atoms with E-state index in [9.17, 15) is 0 Å². The van der Waals surface area contributed by atoms with Gasteiger partial charge in [0.05, 0.1) is 5.69 Å². The highest BCUT2D eigenvalue weighted by Crippen LogP contribution is 2.24. The second-order valence-electron chi connectivity index (χ2n) is 4.09. The predicted molar refractivity (Wildman–Crippen MR) is 71.2 cm³/mol. The van der Waals surface area contributed by atoms with Crippen LogP contribution < -0.4 is 0 Å². The molecule has 0 aliphatic heterocycles. The molecule has 1 aromatic carbocycles. The molecule has 0 saturated carbocycles. The number of hydrogen-bond acceptors (Lipinski definition) is 2. The van der Waals surface area contributed by atoms with Crippen molar-refractivity contribution < 1.29 is 0 Å². The van der Waals surface area contributed by atoms with Crippen LogP contribution in [-0.4, -0.2) is 9.97 Å². The third-order valence-corrected chi connectivity index (χ3v) is 3.17. The molecule has 0 fully saturated rings. The normalized spacial score (nSPS) is 10.5. The van der Waals surface area contributed by atoms with Gasteiger partial charge in [0.15, 0.2) is 0 Å². The standard InChI is InChI=1S/C14H15ClN2/c1-3-4-11-5-7-12(8-6-11)13-10(2)14(15)17-9-16-13/h5-9H,3-4H2,1-2H3. The fourth-order valence-corrected chi connectivity index (χ4v) is 1.97. The largest absolute Gasteiger partial charge is 0.236 e. The number of aryl methyl sites for hydroxylation is 1. The number of hydrogen-bond donors (Lipinski definition) is 0. The number of rotatable bonds is 3. The average Bonchev–Trinajstić information content (AvgIpc) is 2.34. The fourth-order valence-electron chi connectivity index (χ4n) is 1.84. The van der Waals surface area contributed by atoms with Crippen LogP contribution in [-0.2, 0) is 6.42 Å². The zero-order valence-corrected chi connectivity index (χ0v) is 10.8. The number of benzene rings is 1. The molecule has 0 bridgehead atoms. The van der Waals surface area contributed by atoms with Gasteiger partial charge in [0.2, 0.25) is 0 Å². The van der Waals surface area contributed by atoms with Crippen molar-refractivity contribution >= 4 is 11.6 Å². The van der Waals surface area contributed by atoms with Crippen LogP contribution in [0, 0.1) is 6.92 Å². The highest BCUT2D eigenvalue weighted by Gasteiger charge is 2.07. The van der Waals surface area contributed by atoms with E-state index in [1.54, 1.807) is 0 Å². The van der Waals surface area contributed by atoms with E-state index in [-0.39, 0.29) is 0 Å². The maximum atomic E-state index is 5.99. The molecule has 0 amide bonds. The van der Waals surface area contributed by atoms with Crippen molar-refractivity contribution in [3.05, 3.63) is 46.9 Å². The van der Waals surface area contributed by atoms with Gasteiger partial charge in [0, 0.05) is 11.1 Å². The van der Waals surface area contributed by atoms with E-state index in [2.05, 4.69) is 41.2 Å². The third kappa shape index (κ3) is 2.64. The molecule has 3 heteroatoms. The Morgan fingerprint density at radius 3 is 2.47 bits per heavy atom. The van der Waals surface area contributed by atoms with Crippen molar-refractivity contribution in [1.82, 2.24) is 9.97 Å². The average molecular weight is 247 g/mol. The maximum absolute atomic E-state index is 5.99. The van der Waals surface area contributed by atoms with Crippen LogP contribution in [0.3, 0.4) is 0 Å². The third-order valence-electron chi connectivity index (χ3n) is 2.79. The summed E-state index contributed by atoms with van der Waals surface area (Å²) in [6.45, 7) is 4.12. The lowest BCUT2D eigenvalue weighted by molar-refractivity contribution is 0.922. The summed E-state index contributed by atoms with van der Waals surface area (Å²) >= 11 is 5.99. The fraction of sp³-hybridized carbons (Fsp3) is 0.286. The molecule has 0 aliphatic rings. The summed E-state index contributed by atoms with van der Waals surface area (Å²) in [4.78, 5) is 8.26. The first-order valence-electron chi connectivity index (χ1n) is 5.78. The quantitative estimate of drug-likeness (QED) is 0.764. The van der Waals surface area contributed by atoms with Crippen LogP contribution in [0.1, 0.15) is 24.5 Å². The zero-order valence-electron chi connectivity index (χ0n) is 10.1. The van der Waals surface area contributed by atoms with Crippen LogP contribution in [0.2, 0.25) is 5.15 Å². The van der Waals surface area contributed by atoms with Crippen LogP contribution >= 0.6 is 11.6 Å². The van der Waals surface area contributed by atoms with Crippen molar-refractivity contribution in [2.45, 2.75) is 26.7 Å². The van der Waals surface area contributed by atoms with Gasteiger partial charge in [-0.25, -0.2) is 9.97 Å². The van der Waals surface area contributed by atoms with E-state index >= 15 is 0 Å². The van der Waals surface area contributed by atoms with E-state index in [0.29, 0.717) is 5.15 Å². The van der Waals surface area contributed by atoms with Crippen molar-refractivity contribution in [2.75, 3.05) is 0 Å². The van der Waals surface area contributed by atoms with Crippen LogP contribution in [0.5, 0.6) is 0 Å². The Hall–Kier alpha value is -1.41. The molecule has 1 aromatic heterocycles. The molecule has 2 nitrogen and oxygen atoms in total. The minimum absolute atomic E-state index is 0.521. The molecule has 2 rings (SSSR count). The van der Waals surface area contributed by atoms with Gasteiger partial charge in [-0.3, -0.25) is 0 Å². The van der Waals surface area contributed by atoms with Crippen LogP contribution in [0.25, 0.3) is 11.3 Å². The molecule has 0 saturated heterocycles. The van der Waals surface area contributed by atoms with Crippen molar-refractivity contribution in [1.29, 1.82) is 0 Å². The highest BCUT2D eigenvalue weighted by molar-refractivity contribution is 6.30. The number of nitrogens with zero attached hydrogens (tertiary/aromatic N) is 2. The Balaban J connectivity index is 2.36. The Kier molecular flexibility index (Phi) is 3.75. The van der Waals surface area contributed by atoms with E-state index in [0.717, 1.165) is 29.7 Å². The summed E-state index contributed by atoms with van der Waals surface area (Å²) in [5.41, 5.74) is 4.28.